The SMILES string of the molecule is C.C[C@@H]1CN(Cc2cnc3c(c2)c2ncnn2c(=O)n3Cc2cc(F)cc(F)c2)C[C@H](C)O1. The van der Waals surface area contributed by atoms with Crippen molar-refractivity contribution in [3.8, 4) is 0 Å². The molecule has 174 valence electrons. The van der Waals surface area contributed by atoms with E-state index in [2.05, 4.69) is 33.8 Å². The molecule has 2 atom stereocenters. The lowest BCUT2D eigenvalue weighted by Gasteiger charge is -2.35. The van der Waals surface area contributed by atoms with E-state index in [-0.39, 0.29) is 26.2 Å². The molecule has 33 heavy (non-hydrogen) atoms. The van der Waals surface area contributed by atoms with Crippen molar-refractivity contribution in [1.29, 1.82) is 0 Å². The van der Waals surface area contributed by atoms with E-state index in [4.69, 9.17) is 4.74 Å². The number of halogens is 2. The van der Waals surface area contributed by atoms with Gasteiger partial charge in [-0.3, -0.25) is 9.47 Å². The molecule has 0 aliphatic carbocycles. The molecule has 1 fully saturated rings. The van der Waals surface area contributed by atoms with Crippen LogP contribution in [0.5, 0.6) is 0 Å². The first-order chi connectivity index (χ1) is 15.4. The van der Waals surface area contributed by atoms with Crippen molar-refractivity contribution in [2.24, 2.45) is 0 Å². The highest BCUT2D eigenvalue weighted by atomic mass is 19.1. The van der Waals surface area contributed by atoms with Crippen LogP contribution in [0.4, 0.5) is 8.78 Å². The highest BCUT2D eigenvalue weighted by molar-refractivity contribution is 5.89. The van der Waals surface area contributed by atoms with Crippen molar-refractivity contribution in [3.63, 3.8) is 0 Å². The van der Waals surface area contributed by atoms with Crippen LogP contribution in [0, 0.1) is 11.6 Å². The summed E-state index contributed by atoms with van der Waals surface area (Å²) in [5.74, 6) is -1.41. The number of hydrogen-bond acceptors (Lipinski definition) is 6. The highest BCUT2D eigenvalue weighted by Crippen LogP contribution is 2.20. The molecule has 1 aliphatic rings. The summed E-state index contributed by atoms with van der Waals surface area (Å²) in [6, 6.07) is 5.13. The first-order valence-electron chi connectivity index (χ1n) is 10.4. The molecule has 0 N–H and O–H groups in total. The van der Waals surface area contributed by atoms with Crippen LogP contribution in [0.2, 0.25) is 0 Å². The van der Waals surface area contributed by atoms with Crippen molar-refractivity contribution in [1.82, 2.24) is 29.0 Å². The zero-order valence-electron chi connectivity index (χ0n) is 17.7. The van der Waals surface area contributed by atoms with E-state index in [1.807, 2.05) is 6.07 Å². The van der Waals surface area contributed by atoms with Crippen molar-refractivity contribution in [2.45, 2.75) is 46.6 Å². The van der Waals surface area contributed by atoms with Gasteiger partial charge in [-0.1, -0.05) is 7.43 Å². The highest BCUT2D eigenvalue weighted by Gasteiger charge is 2.23. The van der Waals surface area contributed by atoms with Gasteiger partial charge in [0.1, 0.15) is 23.6 Å². The molecule has 4 heterocycles. The van der Waals surface area contributed by atoms with Gasteiger partial charge in [-0.25, -0.2) is 23.5 Å². The van der Waals surface area contributed by atoms with Crippen molar-refractivity contribution in [2.75, 3.05) is 13.1 Å². The Morgan fingerprint density at radius 1 is 0.970 bits per heavy atom. The Balaban J connectivity index is 0.00000259. The van der Waals surface area contributed by atoms with Crippen molar-refractivity contribution in [3.05, 3.63) is 70.0 Å². The van der Waals surface area contributed by atoms with Crippen LogP contribution in [0.15, 0.2) is 41.6 Å². The summed E-state index contributed by atoms with van der Waals surface area (Å²) in [4.78, 5) is 24.1. The van der Waals surface area contributed by atoms with Crippen LogP contribution in [0.25, 0.3) is 16.7 Å². The molecule has 0 bridgehead atoms. The van der Waals surface area contributed by atoms with Gasteiger partial charge in [-0.2, -0.15) is 9.61 Å². The molecule has 0 radical (unpaired) electrons. The number of aromatic nitrogens is 5. The summed E-state index contributed by atoms with van der Waals surface area (Å²) in [5.41, 5.74) is 1.57. The molecule has 10 heteroatoms. The number of nitrogens with zero attached hydrogens (tertiary/aromatic N) is 6. The van der Waals surface area contributed by atoms with E-state index in [1.54, 1.807) is 6.20 Å². The molecule has 3 aromatic heterocycles. The molecule has 1 saturated heterocycles. The average Bonchev–Trinajstić information content (AvgIpc) is 3.20. The fourth-order valence-electron chi connectivity index (χ4n) is 4.44. The van der Waals surface area contributed by atoms with Gasteiger partial charge in [-0.05, 0) is 43.2 Å². The lowest BCUT2D eigenvalue weighted by Crippen LogP contribution is -2.44. The minimum atomic E-state index is -0.705. The van der Waals surface area contributed by atoms with E-state index < -0.39 is 17.3 Å². The summed E-state index contributed by atoms with van der Waals surface area (Å²) in [6.45, 7) is 6.35. The number of morpholine rings is 1. The molecular weight excluding hydrogens is 430 g/mol. The number of ether oxygens (including phenoxy) is 1. The first kappa shape index (κ1) is 22.9. The van der Waals surface area contributed by atoms with Gasteiger partial charge in [-0.15, -0.1) is 0 Å². The van der Waals surface area contributed by atoms with Gasteiger partial charge < -0.3 is 4.74 Å². The number of rotatable bonds is 4. The van der Waals surface area contributed by atoms with Gasteiger partial charge in [0.2, 0.25) is 0 Å². The van der Waals surface area contributed by atoms with Gasteiger partial charge in [0.05, 0.1) is 24.1 Å². The third-order valence-corrected chi connectivity index (χ3v) is 5.54. The number of pyridine rings is 1. The van der Waals surface area contributed by atoms with Gasteiger partial charge >= 0.3 is 5.69 Å². The molecular formula is C23H26F2N6O2. The summed E-state index contributed by atoms with van der Waals surface area (Å²) in [5, 5.41) is 4.68. The minimum absolute atomic E-state index is 0. The fraction of sp³-hybridized carbons (Fsp3) is 0.391. The van der Waals surface area contributed by atoms with E-state index in [0.29, 0.717) is 28.8 Å². The maximum Gasteiger partial charge on any atom is 0.352 e. The predicted molar refractivity (Wildman–Crippen MR) is 120 cm³/mol. The Hall–Kier alpha value is -3.24. The number of fused-ring (bicyclic) bond motifs is 3. The van der Waals surface area contributed by atoms with Crippen LogP contribution in [0.1, 0.15) is 32.4 Å². The number of benzene rings is 1. The van der Waals surface area contributed by atoms with Crippen LogP contribution < -0.4 is 5.69 Å². The van der Waals surface area contributed by atoms with E-state index >= 15 is 0 Å². The molecule has 0 saturated carbocycles. The Morgan fingerprint density at radius 2 is 1.67 bits per heavy atom. The Labute approximate surface area is 189 Å². The van der Waals surface area contributed by atoms with E-state index in [9.17, 15) is 13.6 Å². The molecule has 0 unspecified atom stereocenters. The molecule has 1 aliphatic heterocycles. The molecule has 5 rings (SSSR count). The largest absolute Gasteiger partial charge is 0.373 e. The molecule has 4 aromatic rings. The Bertz CT molecular complexity index is 1340. The third-order valence-electron chi connectivity index (χ3n) is 5.54. The Kier molecular flexibility index (Phi) is 6.22. The monoisotopic (exact) mass is 456 g/mol. The lowest BCUT2D eigenvalue weighted by atomic mass is 10.1. The number of hydrogen-bond donors (Lipinski definition) is 0. The smallest absolute Gasteiger partial charge is 0.352 e. The van der Waals surface area contributed by atoms with E-state index in [0.717, 1.165) is 24.7 Å². The maximum absolute atomic E-state index is 13.7. The lowest BCUT2D eigenvalue weighted by molar-refractivity contribution is -0.0705. The second-order valence-corrected chi connectivity index (χ2v) is 8.31. The van der Waals surface area contributed by atoms with Crippen LogP contribution in [-0.4, -0.2) is 54.3 Å². The van der Waals surface area contributed by atoms with E-state index in [1.165, 1.54) is 27.5 Å². The predicted octanol–water partition coefficient (Wildman–Crippen LogP) is 3.01. The quantitative estimate of drug-likeness (QED) is 0.470. The van der Waals surface area contributed by atoms with Crippen molar-refractivity contribution >= 4 is 16.7 Å². The second kappa shape index (κ2) is 8.95. The molecule has 0 spiro atoms. The summed E-state index contributed by atoms with van der Waals surface area (Å²) in [7, 11) is 0. The average molecular weight is 456 g/mol. The first-order valence-corrected chi connectivity index (χ1v) is 10.4. The summed E-state index contributed by atoms with van der Waals surface area (Å²) in [6.07, 6.45) is 3.32. The molecule has 8 nitrogen and oxygen atoms in total. The second-order valence-electron chi connectivity index (χ2n) is 8.31. The fourth-order valence-corrected chi connectivity index (χ4v) is 4.44. The van der Waals surface area contributed by atoms with Gasteiger partial charge in [0, 0.05) is 31.9 Å². The Morgan fingerprint density at radius 3 is 2.36 bits per heavy atom. The van der Waals surface area contributed by atoms with Gasteiger partial charge in [0.15, 0.2) is 5.65 Å². The molecule has 0 amide bonds. The van der Waals surface area contributed by atoms with Crippen LogP contribution in [-0.2, 0) is 17.8 Å². The zero-order valence-corrected chi connectivity index (χ0v) is 17.7. The normalized spacial score (nSPS) is 19.2. The topological polar surface area (TPSA) is 77.6 Å². The summed E-state index contributed by atoms with van der Waals surface area (Å²) >= 11 is 0. The van der Waals surface area contributed by atoms with Crippen LogP contribution >= 0.6 is 0 Å². The maximum atomic E-state index is 13.7. The minimum Gasteiger partial charge on any atom is -0.373 e. The zero-order chi connectivity index (χ0) is 22.4. The molecule has 1 aromatic carbocycles. The van der Waals surface area contributed by atoms with Gasteiger partial charge in [0.25, 0.3) is 0 Å². The van der Waals surface area contributed by atoms with Crippen LogP contribution in [0.3, 0.4) is 0 Å². The third kappa shape index (κ3) is 4.49. The van der Waals surface area contributed by atoms with Crippen molar-refractivity contribution < 1.29 is 13.5 Å². The standard InChI is InChI=1S/C22H22F2N6O2.CH4/c1-13-8-28(9-14(2)32-13)10-16-5-19-20(25-7-16)29(22(31)30-21(19)26-12-27-30)11-15-3-17(23)6-18(24)4-15;/h3-7,12-14H,8-11H2,1-2H3;1H4/t13-,14+;. The summed E-state index contributed by atoms with van der Waals surface area (Å²) < 4.78 is 35.7.